The van der Waals surface area contributed by atoms with Crippen molar-refractivity contribution in [3.8, 4) is 5.75 Å². The summed E-state index contributed by atoms with van der Waals surface area (Å²) in [5.74, 6) is 0.336. The lowest BCUT2D eigenvalue weighted by Gasteiger charge is -2.19. The molecule has 0 aliphatic carbocycles. The number of phenols is 1. The summed E-state index contributed by atoms with van der Waals surface area (Å²) in [5.41, 5.74) is 0.931. The van der Waals surface area contributed by atoms with Gasteiger partial charge in [-0.3, -0.25) is 0 Å². The number of aliphatic hydroxyl groups excluding tert-OH is 1. The molecular formula is C14H23NO2. The summed E-state index contributed by atoms with van der Waals surface area (Å²) in [7, 11) is 0. The molecule has 0 saturated heterocycles. The molecule has 1 aromatic rings. The molecule has 96 valence electrons. The third-order valence-electron chi connectivity index (χ3n) is 3.06. The van der Waals surface area contributed by atoms with Crippen LogP contribution in [-0.2, 0) is 0 Å². The molecule has 0 aromatic heterocycles. The maximum atomic E-state index is 9.78. The minimum atomic E-state index is -0.232. The van der Waals surface area contributed by atoms with E-state index >= 15 is 0 Å². The molecule has 0 aliphatic rings. The number of hydrogen-bond donors (Lipinski definition) is 3. The zero-order valence-corrected chi connectivity index (χ0v) is 10.7. The molecule has 0 fully saturated rings. The Kier molecular flexibility index (Phi) is 6.01. The molecule has 0 heterocycles. The molecule has 2 unspecified atom stereocenters. The highest BCUT2D eigenvalue weighted by Gasteiger charge is 2.12. The summed E-state index contributed by atoms with van der Waals surface area (Å²) >= 11 is 0. The highest BCUT2D eigenvalue weighted by Crippen LogP contribution is 2.25. The minimum Gasteiger partial charge on any atom is -0.508 e. The van der Waals surface area contributed by atoms with Gasteiger partial charge in [-0.25, -0.2) is 0 Å². The number of rotatable bonds is 7. The molecular weight excluding hydrogens is 214 g/mol. The topological polar surface area (TPSA) is 52.5 Å². The maximum absolute atomic E-state index is 9.78. The zero-order chi connectivity index (χ0) is 12.7. The summed E-state index contributed by atoms with van der Waals surface area (Å²) in [4.78, 5) is 0. The van der Waals surface area contributed by atoms with E-state index in [2.05, 4.69) is 12.2 Å². The van der Waals surface area contributed by atoms with Crippen LogP contribution in [0.15, 0.2) is 24.3 Å². The second-order valence-electron chi connectivity index (χ2n) is 4.32. The minimum absolute atomic E-state index is 0.153. The van der Waals surface area contributed by atoms with Crippen LogP contribution in [0.25, 0.3) is 0 Å². The monoisotopic (exact) mass is 237 g/mol. The van der Waals surface area contributed by atoms with Gasteiger partial charge in [-0.1, -0.05) is 32.0 Å². The quantitative estimate of drug-likeness (QED) is 0.683. The highest BCUT2D eigenvalue weighted by molar-refractivity contribution is 5.34. The van der Waals surface area contributed by atoms with Gasteiger partial charge in [-0.05, 0) is 31.9 Å². The second kappa shape index (κ2) is 7.30. The first kappa shape index (κ1) is 14.0. The second-order valence-corrected chi connectivity index (χ2v) is 4.32. The van der Waals surface area contributed by atoms with Crippen LogP contribution in [0.4, 0.5) is 0 Å². The molecule has 3 nitrogen and oxygen atoms in total. The van der Waals surface area contributed by atoms with Gasteiger partial charge in [0.05, 0.1) is 6.10 Å². The van der Waals surface area contributed by atoms with Crippen molar-refractivity contribution in [2.45, 2.75) is 45.3 Å². The van der Waals surface area contributed by atoms with E-state index in [1.54, 1.807) is 6.07 Å². The third kappa shape index (κ3) is 4.36. The van der Waals surface area contributed by atoms with E-state index in [1.165, 1.54) is 0 Å². The van der Waals surface area contributed by atoms with Crippen LogP contribution in [0, 0.1) is 0 Å². The van der Waals surface area contributed by atoms with E-state index in [0.29, 0.717) is 5.75 Å². The van der Waals surface area contributed by atoms with Gasteiger partial charge in [-0.2, -0.15) is 0 Å². The van der Waals surface area contributed by atoms with Crippen molar-refractivity contribution in [2.24, 2.45) is 0 Å². The van der Waals surface area contributed by atoms with Crippen LogP contribution in [0.3, 0.4) is 0 Å². The molecule has 0 amide bonds. The lowest BCUT2D eigenvalue weighted by atomic mass is 10.0. The van der Waals surface area contributed by atoms with Crippen LogP contribution >= 0.6 is 0 Å². The van der Waals surface area contributed by atoms with Gasteiger partial charge in [-0.15, -0.1) is 0 Å². The van der Waals surface area contributed by atoms with Gasteiger partial charge >= 0.3 is 0 Å². The Bertz CT molecular complexity index is 328. The van der Waals surface area contributed by atoms with E-state index < -0.39 is 0 Å². The molecule has 0 aliphatic heterocycles. The van der Waals surface area contributed by atoms with Crippen LogP contribution in [0.2, 0.25) is 0 Å². The lowest BCUT2D eigenvalue weighted by Crippen LogP contribution is -2.24. The summed E-state index contributed by atoms with van der Waals surface area (Å²) in [6.07, 6.45) is 2.22. The predicted octanol–water partition coefficient (Wildman–Crippen LogP) is 2.59. The number of benzene rings is 1. The Labute approximate surface area is 103 Å². The first-order valence-corrected chi connectivity index (χ1v) is 6.38. The molecule has 17 heavy (non-hydrogen) atoms. The Morgan fingerprint density at radius 1 is 1.18 bits per heavy atom. The Morgan fingerprint density at radius 3 is 2.47 bits per heavy atom. The normalized spacial score (nSPS) is 14.5. The van der Waals surface area contributed by atoms with Crippen LogP contribution < -0.4 is 5.32 Å². The molecule has 3 heteroatoms. The average Bonchev–Trinajstić information content (AvgIpc) is 2.35. The molecule has 0 radical (unpaired) electrons. The fourth-order valence-electron chi connectivity index (χ4n) is 1.88. The van der Waals surface area contributed by atoms with E-state index in [0.717, 1.165) is 31.4 Å². The van der Waals surface area contributed by atoms with Crippen molar-refractivity contribution >= 4 is 0 Å². The summed E-state index contributed by atoms with van der Waals surface area (Å²) in [5, 5.41) is 22.6. The number of para-hydroxylation sites is 1. The molecule has 3 N–H and O–H groups in total. The SMILES string of the molecule is CCC(O)CCNC(CC)c1ccccc1O. The van der Waals surface area contributed by atoms with Gasteiger partial charge in [0.1, 0.15) is 5.75 Å². The first-order valence-electron chi connectivity index (χ1n) is 6.38. The van der Waals surface area contributed by atoms with Crippen molar-refractivity contribution < 1.29 is 10.2 Å². The number of nitrogens with one attached hydrogen (secondary N) is 1. The molecule has 0 bridgehead atoms. The first-order chi connectivity index (χ1) is 8.19. The van der Waals surface area contributed by atoms with Gasteiger partial charge in [0.2, 0.25) is 0 Å². The molecule has 0 spiro atoms. The molecule has 2 atom stereocenters. The van der Waals surface area contributed by atoms with E-state index in [1.807, 2.05) is 25.1 Å². The van der Waals surface area contributed by atoms with Crippen molar-refractivity contribution in [1.29, 1.82) is 0 Å². The van der Waals surface area contributed by atoms with Crippen molar-refractivity contribution in [3.05, 3.63) is 29.8 Å². The van der Waals surface area contributed by atoms with Gasteiger partial charge in [0.25, 0.3) is 0 Å². The largest absolute Gasteiger partial charge is 0.508 e. The summed E-state index contributed by atoms with van der Waals surface area (Å²) < 4.78 is 0. The number of hydrogen-bond acceptors (Lipinski definition) is 3. The van der Waals surface area contributed by atoms with Crippen molar-refractivity contribution in [3.63, 3.8) is 0 Å². The third-order valence-corrected chi connectivity index (χ3v) is 3.06. The Morgan fingerprint density at radius 2 is 1.88 bits per heavy atom. The van der Waals surface area contributed by atoms with Gasteiger partial charge < -0.3 is 15.5 Å². The lowest BCUT2D eigenvalue weighted by molar-refractivity contribution is 0.158. The molecule has 1 aromatic carbocycles. The van der Waals surface area contributed by atoms with Crippen LogP contribution in [-0.4, -0.2) is 22.9 Å². The van der Waals surface area contributed by atoms with Crippen molar-refractivity contribution in [1.82, 2.24) is 5.32 Å². The van der Waals surface area contributed by atoms with Crippen LogP contribution in [0.5, 0.6) is 5.75 Å². The van der Waals surface area contributed by atoms with E-state index in [-0.39, 0.29) is 12.1 Å². The molecule has 0 saturated carbocycles. The predicted molar refractivity (Wildman–Crippen MR) is 70.1 cm³/mol. The summed E-state index contributed by atoms with van der Waals surface area (Å²) in [6.45, 7) is 4.83. The molecule has 1 rings (SSSR count). The van der Waals surface area contributed by atoms with Crippen LogP contribution in [0.1, 0.15) is 44.7 Å². The highest BCUT2D eigenvalue weighted by atomic mass is 16.3. The van der Waals surface area contributed by atoms with Gasteiger partial charge in [0.15, 0.2) is 0 Å². The number of aliphatic hydroxyl groups is 1. The standard InChI is InChI=1S/C14H23NO2/c1-3-11(16)9-10-15-13(4-2)12-7-5-6-8-14(12)17/h5-8,11,13,15-17H,3-4,9-10H2,1-2H3. The summed E-state index contributed by atoms with van der Waals surface area (Å²) in [6, 6.07) is 7.56. The smallest absolute Gasteiger partial charge is 0.120 e. The fraction of sp³-hybridized carbons (Fsp3) is 0.571. The average molecular weight is 237 g/mol. The van der Waals surface area contributed by atoms with E-state index in [9.17, 15) is 10.2 Å². The maximum Gasteiger partial charge on any atom is 0.120 e. The fourth-order valence-corrected chi connectivity index (χ4v) is 1.88. The Hall–Kier alpha value is -1.06. The number of aromatic hydroxyl groups is 1. The van der Waals surface area contributed by atoms with Gasteiger partial charge in [0, 0.05) is 11.6 Å². The Balaban J connectivity index is 2.52. The van der Waals surface area contributed by atoms with E-state index in [4.69, 9.17) is 0 Å². The number of phenolic OH excluding ortho intramolecular Hbond substituents is 1. The zero-order valence-electron chi connectivity index (χ0n) is 10.7. The van der Waals surface area contributed by atoms with Crippen molar-refractivity contribution in [2.75, 3.05) is 6.54 Å².